The van der Waals surface area contributed by atoms with E-state index in [0.717, 1.165) is 86.4 Å². The van der Waals surface area contributed by atoms with Gasteiger partial charge in [0.2, 0.25) is 0 Å². The third-order valence-electron chi connectivity index (χ3n) is 21.0. The zero-order valence-electron chi connectivity index (χ0n) is 72.5. The molecule has 132 heavy (non-hydrogen) atoms. The van der Waals surface area contributed by atoms with E-state index < -0.39 is 68.3 Å². The number of nitrogens with one attached hydrogen (secondary N) is 1. The molecule has 5 N–H and O–H groups in total. The van der Waals surface area contributed by atoms with Crippen molar-refractivity contribution >= 4 is 151 Å². The van der Waals surface area contributed by atoms with Crippen LogP contribution in [0.1, 0.15) is 47.9 Å². The molecule has 0 spiro atoms. The Labute approximate surface area is 810 Å². The number of fused-ring (bicyclic) bond motifs is 4. The van der Waals surface area contributed by atoms with Gasteiger partial charge < -0.3 is 60.4 Å². The maximum Gasteiger partial charge on any atom is 1.00 e. The topological polar surface area (TPSA) is 465 Å². The second-order valence-corrected chi connectivity index (χ2v) is 32.9. The smallest absolute Gasteiger partial charge is 0.662 e. The summed E-state index contributed by atoms with van der Waals surface area (Å²) in [6.45, 7) is 10.7. The molecule has 13 heterocycles. The van der Waals surface area contributed by atoms with Gasteiger partial charge in [-0.25, -0.2) is 56.7 Å². The first-order valence-corrected chi connectivity index (χ1v) is 43.4. The number of hydrogen-bond donors (Lipinski definition) is 3. The minimum absolute atomic E-state index is 0. The fraction of sp³-hybridized carbons (Fsp3) is 0.341. The number of nitrogens with zero attached hydrogens (tertiary/aromatic N) is 17. The SMILES string of the molecule is C1CCOC1.C1COCCN1.Cn1c(=O)c2c(-c3cc(F)ccc3Br)c(C#N)c(Cl)nc2n(C)c1=O.Cn1c(=O)c2c(-c3cc(F)ccc3Br)c(C#N)c(N)nc2n(C)c1=O.Cn1c(=O)c2c(-c3cc(F)ccc3Br)c(C#N)c(N3CCOCC3)nc2n(C)c1=O.Cn1c(=O)c2c(-c3cc(F)ccc3Br)c(CN)c(N3CCOCC3)nc2n(C)c1=O.O=CO[O-].[B]C1CCCO1.[Na+]. The number of nitriles is 3. The molecule has 686 valence electrons. The number of anilines is 3. The molecule has 36 nitrogen and oxygen atoms in total. The predicted molar refractivity (Wildman–Crippen MR) is 494 cm³/mol. The van der Waals surface area contributed by atoms with E-state index in [9.17, 15) is 71.7 Å². The number of halogens is 9. The van der Waals surface area contributed by atoms with Crippen LogP contribution in [0.2, 0.25) is 5.15 Å². The molecule has 1 atom stereocenters. The van der Waals surface area contributed by atoms with Crippen LogP contribution in [0.25, 0.3) is 88.6 Å². The van der Waals surface area contributed by atoms with Crippen LogP contribution in [0.5, 0.6) is 0 Å². The summed E-state index contributed by atoms with van der Waals surface area (Å²) in [5.74, 6) is -1.31. The van der Waals surface area contributed by atoms with Crippen LogP contribution in [-0.2, 0) is 96.3 Å². The zero-order chi connectivity index (χ0) is 95.7. The van der Waals surface area contributed by atoms with Crippen molar-refractivity contribution in [1.29, 1.82) is 15.8 Å². The average molecular weight is 2110 g/mol. The first kappa shape index (κ1) is 105. The van der Waals surface area contributed by atoms with Crippen LogP contribution < -0.4 is 106 Å². The molecular weight excluding hydrogens is 2020 g/mol. The van der Waals surface area contributed by atoms with Gasteiger partial charge in [-0.05, 0) is 98.5 Å². The third-order valence-corrected chi connectivity index (χ3v) is 24.1. The summed E-state index contributed by atoms with van der Waals surface area (Å²) >= 11 is 19.6. The molecule has 17 rings (SSSR count). The van der Waals surface area contributed by atoms with E-state index in [2.05, 4.69) is 94.9 Å². The standard InChI is InChI=1S/C20H21BrFN5O3.C20H17BrFN5O3.C16H9BrClFN4O2.C16H11BrFN5O2.C4H7BO.C4H9NO.C4H8O.CH2O3.Na/c2*1-25-18-16(19(28)26(2)20(25)29)15(12-9-11(22)3-4-14(12)21)13(10-23)17(24-18)27-5-7-30-8-6-27;1-22-14-12(15(24)23(2)16(22)25)11(9(6-20)13(18)21-14)8-5-7(19)3-4-10(8)17;1-22-14-12(15(24)23(2)16(22)25)11(9(6-19)13(20)21-14)8-5-7(18)3-4-10(8)17;5-4-2-1-3-6-4;1-3-6-4-2-5-1;1-2-4-5-3-1;2-1-4-3;/h3-4,9H,5-8,10,23H2,1-2H3;3-4,9H,5-8H2,1-2H3;3-5H,1-2H3;3-5H,1-2H3,(H2,20,21);4H,1-3H2;5H,1-4H2;1-4H2;1,3H;/q;;;;;;;;+1/p-1. The molecule has 8 aromatic heterocycles. The molecule has 5 aliphatic heterocycles. The number of morpholine rings is 3. The van der Waals surface area contributed by atoms with Crippen LogP contribution in [0.15, 0.2) is 129 Å². The third kappa shape index (κ3) is 23.2. The summed E-state index contributed by atoms with van der Waals surface area (Å²) in [5.41, 5.74) is 10.8. The Morgan fingerprint density at radius 2 is 0.803 bits per heavy atom. The number of ether oxygens (including phenoxy) is 5. The van der Waals surface area contributed by atoms with E-state index in [1.54, 1.807) is 13.1 Å². The van der Waals surface area contributed by atoms with Crippen LogP contribution >= 0.6 is 75.3 Å². The Balaban J connectivity index is 0.000000183. The molecule has 5 aliphatic rings. The predicted octanol–water partition coefficient (Wildman–Crippen LogP) is 3.92. The maximum atomic E-state index is 14.2. The van der Waals surface area contributed by atoms with Crippen molar-refractivity contribution in [1.82, 2.24) is 61.8 Å². The van der Waals surface area contributed by atoms with Crippen molar-refractivity contribution in [2.45, 2.75) is 38.2 Å². The van der Waals surface area contributed by atoms with Gasteiger partial charge in [0.05, 0.1) is 66.7 Å². The van der Waals surface area contributed by atoms with Gasteiger partial charge in [-0.2, -0.15) is 15.8 Å². The molecule has 47 heteroatoms. The Bertz CT molecular complexity index is 6850. The number of carbonyl (C=O) groups excluding carboxylic acids is 1. The van der Waals surface area contributed by atoms with Crippen LogP contribution in [0, 0.1) is 57.3 Å². The van der Waals surface area contributed by atoms with Gasteiger partial charge in [0, 0.05) is 196 Å². The van der Waals surface area contributed by atoms with E-state index in [1.807, 2.05) is 21.9 Å². The summed E-state index contributed by atoms with van der Waals surface area (Å²) in [4.78, 5) is 134. The van der Waals surface area contributed by atoms with Crippen molar-refractivity contribution in [3.8, 4) is 62.7 Å². The van der Waals surface area contributed by atoms with Crippen LogP contribution in [0.4, 0.5) is 35.0 Å². The largest absolute Gasteiger partial charge is 1.00 e. The monoisotopic (exact) mass is 2100 g/mol. The summed E-state index contributed by atoms with van der Waals surface area (Å²) in [5, 5.41) is 40.8. The molecule has 0 bridgehead atoms. The Hall–Kier alpha value is -10.7. The number of nitrogen functional groups attached to an aromatic ring is 1. The van der Waals surface area contributed by atoms with E-state index >= 15 is 0 Å². The number of pyridine rings is 4. The molecule has 4 aromatic carbocycles. The second-order valence-electron chi connectivity index (χ2n) is 29.2. The molecule has 2 radical (unpaired) electrons. The Morgan fingerprint density at radius 3 is 1.11 bits per heavy atom. The Kier molecular flexibility index (Phi) is 38.0. The molecule has 12 aromatic rings. The zero-order valence-corrected chi connectivity index (χ0v) is 81.6. The summed E-state index contributed by atoms with van der Waals surface area (Å²) in [7, 11) is 16.7. The van der Waals surface area contributed by atoms with E-state index in [4.69, 9.17) is 69.6 Å². The van der Waals surface area contributed by atoms with Gasteiger partial charge >= 0.3 is 52.3 Å². The minimum Gasteiger partial charge on any atom is -0.662 e. The van der Waals surface area contributed by atoms with Crippen LogP contribution in [0.3, 0.4) is 0 Å². The molecular formula is C85H83BBr4ClF4N20NaO16. The van der Waals surface area contributed by atoms with E-state index in [1.165, 1.54) is 138 Å². The van der Waals surface area contributed by atoms with Gasteiger partial charge in [-0.3, -0.25) is 60.5 Å². The van der Waals surface area contributed by atoms with Gasteiger partial charge in [0.15, 0.2) is 22.6 Å². The second kappa shape index (κ2) is 47.7. The van der Waals surface area contributed by atoms with E-state index in [-0.39, 0.29) is 148 Å². The van der Waals surface area contributed by atoms with Crippen molar-refractivity contribution in [3.05, 3.63) is 225 Å². The van der Waals surface area contributed by atoms with Gasteiger partial charge in [-0.1, -0.05) is 75.3 Å². The fourth-order valence-corrected chi connectivity index (χ4v) is 16.4. The first-order valence-electron chi connectivity index (χ1n) is 39.8. The normalized spacial score (nSPS) is 14.3. The van der Waals surface area contributed by atoms with Gasteiger partial charge in [-0.15, -0.1) is 0 Å². The number of nitrogens with two attached hydrogens (primary N) is 2. The maximum absolute atomic E-state index is 14.2. The van der Waals surface area contributed by atoms with Gasteiger partial charge in [0.1, 0.15) is 83.1 Å². The number of aromatic nitrogens is 12. The van der Waals surface area contributed by atoms with Crippen molar-refractivity contribution in [2.24, 2.45) is 62.1 Å². The van der Waals surface area contributed by atoms with Crippen LogP contribution in [-0.4, -0.2) is 176 Å². The minimum atomic E-state index is -0.648. The summed E-state index contributed by atoms with van der Waals surface area (Å²) in [6, 6.07) is 22.1. The molecule has 0 amide bonds. The number of hydrogen-bond acceptors (Lipinski definition) is 28. The first-order chi connectivity index (χ1) is 62.5. The average Bonchev–Trinajstić information content (AvgIpc) is 0.918. The number of rotatable bonds is 8. The molecule has 1 unspecified atom stereocenters. The van der Waals surface area contributed by atoms with Gasteiger partial charge in [0.25, 0.3) is 28.7 Å². The molecule has 0 aliphatic carbocycles. The van der Waals surface area contributed by atoms with Crippen molar-refractivity contribution in [3.63, 3.8) is 0 Å². The summed E-state index contributed by atoms with van der Waals surface area (Å²) < 4.78 is 92.4. The van der Waals surface area contributed by atoms with E-state index in [0.29, 0.717) is 104 Å². The molecule has 5 fully saturated rings. The Morgan fingerprint density at radius 1 is 0.485 bits per heavy atom. The fourth-order valence-electron chi connectivity index (χ4n) is 14.4. The molecule has 0 saturated carbocycles. The van der Waals surface area contributed by atoms with Crippen molar-refractivity contribution in [2.75, 3.05) is 114 Å². The molecule has 5 saturated heterocycles. The van der Waals surface area contributed by atoms with Crippen molar-refractivity contribution < 1.29 is 85.7 Å². The number of aryl methyl sites for hydroxylation is 4. The number of benzene rings is 4. The summed E-state index contributed by atoms with van der Waals surface area (Å²) in [6.07, 6.45) is 4.74. The quantitative estimate of drug-likeness (QED) is 0.0484. The number of carbonyl (C=O) groups is 1.